The van der Waals surface area contributed by atoms with E-state index in [9.17, 15) is 18.0 Å². The number of halogens is 3. The van der Waals surface area contributed by atoms with Crippen molar-refractivity contribution in [2.24, 2.45) is 0 Å². The molecule has 0 radical (unpaired) electrons. The fourth-order valence-corrected chi connectivity index (χ4v) is 4.62. The maximum Gasteiger partial charge on any atom is 0.491 e. The van der Waals surface area contributed by atoms with Crippen LogP contribution in [-0.4, -0.2) is 23.7 Å². The lowest BCUT2D eigenvalue weighted by molar-refractivity contribution is -0.216. The Hall–Kier alpha value is -2.81. The molecule has 3 aromatic carbocycles. The molecule has 1 aliphatic rings. The molecule has 2 atom stereocenters. The summed E-state index contributed by atoms with van der Waals surface area (Å²) in [6.07, 6.45) is -5.11. The van der Waals surface area contributed by atoms with Gasteiger partial charge >= 0.3 is 12.1 Å². The molecule has 0 amide bonds. The molecule has 1 heterocycles. The maximum atomic E-state index is 13.1. The van der Waals surface area contributed by atoms with Crippen molar-refractivity contribution in [1.82, 2.24) is 10.6 Å². The summed E-state index contributed by atoms with van der Waals surface area (Å²) in [4.78, 5) is 12.7. The molecule has 0 bridgehead atoms. The van der Waals surface area contributed by atoms with Crippen molar-refractivity contribution in [3.8, 4) is 0 Å². The molecule has 1 fully saturated rings. The van der Waals surface area contributed by atoms with Crippen LogP contribution in [0.5, 0.6) is 0 Å². The zero-order valence-electron chi connectivity index (χ0n) is 16.9. The molecule has 4 rings (SSSR count). The van der Waals surface area contributed by atoms with Crippen LogP contribution >= 0.6 is 11.8 Å². The van der Waals surface area contributed by atoms with Gasteiger partial charge in [-0.15, -0.1) is 11.8 Å². The summed E-state index contributed by atoms with van der Waals surface area (Å²) < 4.78 is 44.5. The fourth-order valence-electron chi connectivity index (χ4n) is 3.67. The van der Waals surface area contributed by atoms with Crippen LogP contribution in [0.25, 0.3) is 0 Å². The highest BCUT2D eigenvalue weighted by Crippen LogP contribution is 2.40. The number of carbonyl (C=O) groups excluding carboxylic acids is 1. The van der Waals surface area contributed by atoms with E-state index < -0.39 is 30.1 Å². The maximum absolute atomic E-state index is 13.1. The normalized spacial score (nSPS) is 23.1. The summed E-state index contributed by atoms with van der Waals surface area (Å²) >= 11 is 1.29. The third-order valence-electron chi connectivity index (χ3n) is 5.11. The summed E-state index contributed by atoms with van der Waals surface area (Å²) in [7, 11) is 0. The Morgan fingerprint density at radius 2 is 1.25 bits per heavy atom. The molecule has 4 nitrogen and oxygen atoms in total. The average Bonchev–Trinajstić information content (AvgIpc) is 3.19. The van der Waals surface area contributed by atoms with E-state index in [1.54, 1.807) is 0 Å². The molecule has 8 heteroatoms. The molecular formula is C24H21F3N2O2S. The average molecular weight is 459 g/mol. The number of thioether (sulfide) groups is 1. The zero-order chi connectivity index (χ0) is 22.6. The topological polar surface area (TPSA) is 50.4 Å². The molecule has 0 saturated carbocycles. The molecule has 2 unspecified atom stereocenters. The smallest absolute Gasteiger partial charge is 0.423 e. The Kier molecular flexibility index (Phi) is 6.55. The van der Waals surface area contributed by atoms with E-state index in [4.69, 9.17) is 4.74 Å². The minimum Gasteiger partial charge on any atom is -0.423 e. The third kappa shape index (κ3) is 5.15. The van der Waals surface area contributed by atoms with Gasteiger partial charge in [0.25, 0.3) is 0 Å². The van der Waals surface area contributed by atoms with Crippen molar-refractivity contribution in [3.63, 3.8) is 0 Å². The van der Waals surface area contributed by atoms with E-state index in [-0.39, 0.29) is 5.75 Å². The number of carbonyl (C=O) groups is 1. The number of benzene rings is 3. The lowest BCUT2D eigenvalue weighted by atomic mass is 9.95. The second-order valence-electron chi connectivity index (χ2n) is 7.38. The molecule has 0 aromatic heterocycles. The van der Waals surface area contributed by atoms with Gasteiger partial charge in [0.05, 0.1) is 17.8 Å². The van der Waals surface area contributed by atoms with Gasteiger partial charge in [0.2, 0.25) is 5.85 Å². The van der Waals surface area contributed by atoms with Gasteiger partial charge in [0.1, 0.15) is 0 Å². The number of hydrogen-bond donors (Lipinski definition) is 2. The third-order valence-corrected chi connectivity index (χ3v) is 6.27. The van der Waals surface area contributed by atoms with Gasteiger partial charge in [0, 0.05) is 4.90 Å². The first-order valence-corrected chi connectivity index (χ1v) is 11.0. The predicted molar refractivity (Wildman–Crippen MR) is 117 cm³/mol. The largest absolute Gasteiger partial charge is 0.491 e. The highest BCUT2D eigenvalue weighted by atomic mass is 32.2. The fraction of sp³-hybridized carbons (Fsp3) is 0.208. The minimum atomic E-state index is -5.11. The SMILES string of the molecule is O=C(OC1(CSc2ccccc2)NC(c2ccccc2)C(c2ccccc2)N1)C(F)(F)F. The standard InChI is InChI=1S/C24H21F3N2O2S/c25-24(26,27)22(30)31-23(16-32-19-14-8-3-9-15-19)28-20(17-10-4-1-5-11-17)21(29-23)18-12-6-2-7-13-18/h1-15,20-21,28-29H,16H2. The summed E-state index contributed by atoms with van der Waals surface area (Å²) in [5.41, 5.74) is 1.73. The predicted octanol–water partition coefficient (Wildman–Crippen LogP) is 5.21. The number of alkyl halides is 3. The Morgan fingerprint density at radius 1 is 0.812 bits per heavy atom. The first-order valence-electron chi connectivity index (χ1n) is 10.00. The van der Waals surface area contributed by atoms with Gasteiger partial charge < -0.3 is 4.74 Å². The van der Waals surface area contributed by atoms with E-state index in [0.29, 0.717) is 0 Å². The van der Waals surface area contributed by atoms with Crippen molar-refractivity contribution in [2.45, 2.75) is 29.0 Å². The Bertz CT molecular complexity index is 986. The van der Waals surface area contributed by atoms with Crippen LogP contribution in [-0.2, 0) is 9.53 Å². The van der Waals surface area contributed by atoms with E-state index in [0.717, 1.165) is 16.0 Å². The van der Waals surface area contributed by atoms with E-state index in [2.05, 4.69) is 10.6 Å². The van der Waals surface area contributed by atoms with E-state index in [1.807, 2.05) is 91.0 Å². The Balaban J connectivity index is 1.70. The van der Waals surface area contributed by atoms with Gasteiger partial charge in [-0.05, 0) is 23.3 Å². The van der Waals surface area contributed by atoms with E-state index >= 15 is 0 Å². The molecular weight excluding hydrogens is 437 g/mol. The van der Waals surface area contributed by atoms with Crippen molar-refractivity contribution in [1.29, 1.82) is 0 Å². The number of rotatable bonds is 6. The zero-order valence-corrected chi connectivity index (χ0v) is 17.7. The first kappa shape index (κ1) is 22.4. The number of ether oxygens (including phenoxy) is 1. The quantitative estimate of drug-likeness (QED) is 0.392. The van der Waals surface area contributed by atoms with Crippen LogP contribution < -0.4 is 10.6 Å². The molecule has 1 saturated heterocycles. The molecule has 0 spiro atoms. The van der Waals surface area contributed by atoms with Gasteiger partial charge in [-0.1, -0.05) is 78.9 Å². The van der Waals surface area contributed by atoms with Gasteiger partial charge in [-0.25, -0.2) is 4.79 Å². The Labute approximate surface area is 188 Å². The van der Waals surface area contributed by atoms with Gasteiger partial charge in [-0.3, -0.25) is 10.6 Å². The van der Waals surface area contributed by atoms with E-state index in [1.165, 1.54) is 11.8 Å². The van der Waals surface area contributed by atoms with Crippen molar-refractivity contribution < 1.29 is 22.7 Å². The lowest BCUT2D eigenvalue weighted by Gasteiger charge is -2.30. The summed E-state index contributed by atoms with van der Waals surface area (Å²) in [6.45, 7) is 0. The molecule has 32 heavy (non-hydrogen) atoms. The van der Waals surface area contributed by atoms with Crippen molar-refractivity contribution in [2.75, 3.05) is 5.75 Å². The van der Waals surface area contributed by atoms with Crippen LogP contribution in [0.1, 0.15) is 23.2 Å². The highest BCUT2D eigenvalue weighted by molar-refractivity contribution is 7.99. The van der Waals surface area contributed by atoms with Crippen LogP contribution in [0.3, 0.4) is 0 Å². The second kappa shape index (κ2) is 9.36. The van der Waals surface area contributed by atoms with Crippen molar-refractivity contribution in [3.05, 3.63) is 102 Å². The Morgan fingerprint density at radius 3 is 1.69 bits per heavy atom. The minimum absolute atomic E-state index is 0.0332. The molecule has 1 aliphatic heterocycles. The molecule has 3 aromatic rings. The van der Waals surface area contributed by atoms with Gasteiger partial charge in [0.15, 0.2) is 0 Å². The number of esters is 1. The molecule has 2 N–H and O–H groups in total. The van der Waals surface area contributed by atoms with Crippen LogP contribution in [0, 0.1) is 0 Å². The summed E-state index contributed by atoms with van der Waals surface area (Å²) in [5, 5.41) is 6.34. The molecule has 166 valence electrons. The lowest BCUT2D eigenvalue weighted by Crippen LogP contribution is -2.57. The van der Waals surface area contributed by atoms with Crippen LogP contribution in [0.2, 0.25) is 0 Å². The number of hydrogen-bond acceptors (Lipinski definition) is 5. The second-order valence-corrected chi connectivity index (χ2v) is 8.43. The van der Waals surface area contributed by atoms with Crippen LogP contribution in [0.4, 0.5) is 13.2 Å². The highest BCUT2D eigenvalue weighted by Gasteiger charge is 2.52. The van der Waals surface area contributed by atoms with Crippen LogP contribution in [0.15, 0.2) is 95.9 Å². The number of nitrogens with one attached hydrogen (secondary N) is 2. The van der Waals surface area contributed by atoms with Gasteiger partial charge in [-0.2, -0.15) is 13.2 Å². The monoisotopic (exact) mass is 458 g/mol. The van der Waals surface area contributed by atoms with Crippen molar-refractivity contribution >= 4 is 17.7 Å². The summed E-state index contributed by atoms with van der Waals surface area (Å²) in [5.74, 6) is -3.94. The first-order chi connectivity index (χ1) is 15.4. The summed E-state index contributed by atoms with van der Waals surface area (Å²) in [6, 6.07) is 27.1. The molecule has 0 aliphatic carbocycles.